The van der Waals surface area contributed by atoms with E-state index in [1.807, 2.05) is 12.3 Å². The number of nitrogens with one attached hydrogen (secondary N) is 1. The Kier molecular flexibility index (Phi) is 5.00. The van der Waals surface area contributed by atoms with Gasteiger partial charge in [0.1, 0.15) is 0 Å². The number of nitrogens with zero attached hydrogens (tertiary/aromatic N) is 2. The second kappa shape index (κ2) is 6.55. The van der Waals surface area contributed by atoms with E-state index in [4.69, 9.17) is 0 Å². The van der Waals surface area contributed by atoms with Gasteiger partial charge in [0.15, 0.2) is 0 Å². The van der Waals surface area contributed by atoms with Crippen molar-refractivity contribution >= 4 is 0 Å². The largest absolute Gasteiger partial charge is 0.314 e. The molecule has 1 atom stereocenters. The predicted octanol–water partition coefficient (Wildman–Crippen LogP) is 1.70. The minimum Gasteiger partial charge on any atom is -0.314 e. The number of aromatic nitrogens is 1. The summed E-state index contributed by atoms with van der Waals surface area (Å²) in [5, 5.41) is 3.64. The van der Waals surface area contributed by atoms with Gasteiger partial charge in [-0.3, -0.25) is 9.69 Å². The Morgan fingerprint density at radius 1 is 1.35 bits per heavy atom. The maximum atomic E-state index is 11.8. The van der Waals surface area contributed by atoms with E-state index in [-0.39, 0.29) is 11.1 Å². The predicted molar refractivity (Wildman–Crippen MR) is 83.1 cm³/mol. The monoisotopic (exact) mass is 277 g/mol. The third-order valence-corrected chi connectivity index (χ3v) is 4.27. The van der Waals surface area contributed by atoms with Gasteiger partial charge in [-0.1, -0.05) is 19.4 Å². The molecule has 1 aliphatic rings. The van der Waals surface area contributed by atoms with Crippen LogP contribution in [0.2, 0.25) is 0 Å². The van der Waals surface area contributed by atoms with Crippen LogP contribution in [0.15, 0.2) is 29.2 Å². The van der Waals surface area contributed by atoms with E-state index in [0.717, 1.165) is 26.2 Å². The van der Waals surface area contributed by atoms with E-state index >= 15 is 0 Å². The summed E-state index contributed by atoms with van der Waals surface area (Å²) < 4.78 is 1.80. The third-order valence-electron chi connectivity index (χ3n) is 4.27. The van der Waals surface area contributed by atoms with Gasteiger partial charge in [0, 0.05) is 50.0 Å². The standard InChI is InChI=1S/C16H27N3O/c1-4-7-14-12-19(16(2,3)13-17-14)11-10-18-9-6-5-8-15(18)20/h5-6,8-9,14,17H,4,7,10-13H2,1-3H3. The highest BCUT2D eigenvalue weighted by molar-refractivity contribution is 4.95. The van der Waals surface area contributed by atoms with Crippen LogP contribution >= 0.6 is 0 Å². The molecule has 1 aromatic rings. The number of hydrogen-bond acceptors (Lipinski definition) is 3. The molecule has 1 saturated heterocycles. The van der Waals surface area contributed by atoms with Crippen molar-refractivity contribution in [1.82, 2.24) is 14.8 Å². The lowest BCUT2D eigenvalue weighted by atomic mass is 9.96. The van der Waals surface area contributed by atoms with Crippen molar-refractivity contribution in [2.45, 2.75) is 51.7 Å². The Morgan fingerprint density at radius 3 is 2.85 bits per heavy atom. The fourth-order valence-corrected chi connectivity index (χ4v) is 2.89. The average molecular weight is 277 g/mol. The maximum absolute atomic E-state index is 11.8. The molecule has 1 N–H and O–H groups in total. The smallest absolute Gasteiger partial charge is 0.250 e. The first kappa shape index (κ1) is 15.3. The second-order valence-electron chi connectivity index (χ2n) is 6.36. The summed E-state index contributed by atoms with van der Waals surface area (Å²) >= 11 is 0. The zero-order valence-electron chi connectivity index (χ0n) is 12.9. The number of pyridine rings is 1. The fraction of sp³-hybridized carbons (Fsp3) is 0.688. The molecule has 2 heterocycles. The molecule has 1 unspecified atom stereocenters. The summed E-state index contributed by atoms with van der Waals surface area (Å²) in [4.78, 5) is 14.3. The van der Waals surface area contributed by atoms with Gasteiger partial charge in [0.05, 0.1) is 0 Å². The molecule has 1 aromatic heterocycles. The quantitative estimate of drug-likeness (QED) is 0.890. The highest BCUT2D eigenvalue weighted by atomic mass is 16.1. The highest BCUT2D eigenvalue weighted by Gasteiger charge is 2.33. The topological polar surface area (TPSA) is 37.3 Å². The molecule has 1 aliphatic heterocycles. The summed E-state index contributed by atoms with van der Waals surface area (Å²) in [5.74, 6) is 0. The molecule has 0 saturated carbocycles. The second-order valence-corrected chi connectivity index (χ2v) is 6.36. The van der Waals surface area contributed by atoms with Crippen LogP contribution in [0.25, 0.3) is 0 Å². The van der Waals surface area contributed by atoms with Crippen molar-refractivity contribution in [3.8, 4) is 0 Å². The van der Waals surface area contributed by atoms with Crippen molar-refractivity contribution in [2.75, 3.05) is 19.6 Å². The number of hydrogen-bond donors (Lipinski definition) is 1. The van der Waals surface area contributed by atoms with E-state index in [0.29, 0.717) is 6.04 Å². The van der Waals surface area contributed by atoms with E-state index in [1.54, 1.807) is 16.7 Å². The third kappa shape index (κ3) is 3.70. The lowest BCUT2D eigenvalue weighted by Gasteiger charge is -2.46. The molecule has 20 heavy (non-hydrogen) atoms. The molecule has 4 nitrogen and oxygen atoms in total. The van der Waals surface area contributed by atoms with Gasteiger partial charge in [-0.2, -0.15) is 0 Å². The molecule has 4 heteroatoms. The highest BCUT2D eigenvalue weighted by Crippen LogP contribution is 2.19. The van der Waals surface area contributed by atoms with Crippen LogP contribution in [0.5, 0.6) is 0 Å². The Hall–Kier alpha value is -1.13. The van der Waals surface area contributed by atoms with Crippen LogP contribution in [0.1, 0.15) is 33.6 Å². The summed E-state index contributed by atoms with van der Waals surface area (Å²) in [6, 6.07) is 5.93. The molecule has 0 bridgehead atoms. The fourth-order valence-electron chi connectivity index (χ4n) is 2.89. The first-order valence-corrected chi connectivity index (χ1v) is 7.67. The summed E-state index contributed by atoms with van der Waals surface area (Å²) in [7, 11) is 0. The van der Waals surface area contributed by atoms with Gasteiger partial charge in [-0.05, 0) is 26.3 Å². The molecule has 0 amide bonds. The maximum Gasteiger partial charge on any atom is 0.250 e. The summed E-state index contributed by atoms with van der Waals surface area (Å²) in [6.07, 6.45) is 4.31. The first-order chi connectivity index (χ1) is 9.53. The van der Waals surface area contributed by atoms with Crippen LogP contribution in [0.3, 0.4) is 0 Å². The van der Waals surface area contributed by atoms with Crippen LogP contribution in [-0.2, 0) is 6.54 Å². The van der Waals surface area contributed by atoms with E-state index in [9.17, 15) is 4.79 Å². The molecule has 0 spiro atoms. The lowest BCUT2D eigenvalue weighted by molar-refractivity contribution is 0.0602. The van der Waals surface area contributed by atoms with E-state index in [1.165, 1.54) is 12.8 Å². The summed E-state index contributed by atoms with van der Waals surface area (Å²) in [6.45, 7) is 10.6. The molecule has 0 aliphatic carbocycles. The van der Waals surface area contributed by atoms with E-state index in [2.05, 4.69) is 31.0 Å². The Bertz CT molecular complexity index is 481. The normalized spacial score (nSPS) is 22.9. The Morgan fingerprint density at radius 2 is 2.15 bits per heavy atom. The number of piperazine rings is 1. The molecular formula is C16H27N3O. The van der Waals surface area contributed by atoms with Crippen molar-refractivity contribution in [3.05, 3.63) is 34.7 Å². The molecule has 1 fully saturated rings. The van der Waals surface area contributed by atoms with Gasteiger partial charge >= 0.3 is 0 Å². The zero-order valence-corrected chi connectivity index (χ0v) is 12.9. The van der Waals surface area contributed by atoms with Crippen molar-refractivity contribution in [3.63, 3.8) is 0 Å². The molecular weight excluding hydrogens is 250 g/mol. The van der Waals surface area contributed by atoms with Gasteiger partial charge in [0.25, 0.3) is 5.56 Å². The SMILES string of the molecule is CCCC1CN(CCn2ccccc2=O)C(C)(C)CN1. The van der Waals surface area contributed by atoms with Crippen LogP contribution in [-0.4, -0.2) is 40.7 Å². The van der Waals surface area contributed by atoms with Crippen molar-refractivity contribution < 1.29 is 0 Å². The van der Waals surface area contributed by atoms with Crippen molar-refractivity contribution in [2.24, 2.45) is 0 Å². The molecule has 0 radical (unpaired) electrons. The van der Waals surface area contributed by atoms with Gasteiger partial charge in [-0.15, -0.1) is 0 Å². The molecule has 112 valence electrons. The Labute approximate surface area is 121 Å². The average Bonchev–Trinajstić information content (AvgIpc) is 2.41. The van der Waals surface area contributed by atoms with Gasteiger partial charge in [-0.25, -0.2) is 0 Å². The summed E-state index contributed by atoms with van der Waals surface area (Å²) in [5.41, 5.74) is 0.244. The molecule has 2 rings (SSSR count). The van der Waals surface area contributed by atoms with Crippen LogP contribution < -0.4 is 10.9 Å². The van der Waals surface area contributed by atoms with Crippen LogP contribution in [0, 0.1) is 0 Å². The Balaban J connectivity index is 1.98. The van der Waals surface area contributed by atoms with Gasteiger partial charge < -0.3 is 9.88 Å². The minimum atomic E-state index is 0.0885. The van der Waals surface area contributed by atoms with Crippen molar-refractivity contribution in [1.29, 1.82) is 0 Å². The first-order valence-electron chi connectivity index (χ1n) is 7.67. The zero-order chi connectivity index (χ0) is 14.6. The lowest BCUT2D eigenvalue weighted by Crippen LogP contribution is -2.62. The molecule has 0 aromatic carbocycles. The van der Waals surface area contributed by atoms with Crippen LogP contribution in [0.4, 0.5) is 0 Å². The minimum absolute atomic E-state index is 0.0885. The van der Waals surface area contributed by atoms with E-state index < -0.39 is 0 Å². The van der Waals surface area contributed by atoms with Gasteiger partial charge in [0.2, 0.25) is 0 Å². The number of rotatable bonds is 5.